The highest BCUT2D eigenvalue weighted by Crippen LogP contribution is 2.27. The van der Waals surface area contributed by atoms with Gasteiger partial charge in [-0.1, -0.05) is 187 Å². The third-order valence-electron chi connectivity index (χ3n) is 13.5. The van der Waals surface area contributed by atoms with Crippen LogP contribution in [-0.2, 0) is 38.0 Å². The standard InChI is InChI=1S/C54H100O15/c1-3-5-7-9-11-13-15-17-19-20-21-23-24-26-28-30-32-34-36-45(56)64-39-42(67-46(57)37-35-33-31-29-27-25-22-18-16-14-12-10-8-6-4-2)40-65-53-52(63)50(61)48(59)44(69-53)41-66-54-51(62)49(60)47(58)43(38-55)68-54/h14,16,42-44,47-55,58-63H,3-13,15,17-41H2,1-2H3/b16-14+/t42-,43+,44+,47-,48-,49?,50?,51?,52?,53+,54+/m0/s1. The molecule has 69 heavy (non-hydrogen) atoms. The highest BCUT2D eigenvalue weighted by atomic mass is 16.7. The first-order valence-electron chi connectivity index (χ1n) is 27.8. The molecule has 15 nitrogen and oxygen atoms in total. The number of unbranched alkanes of at least 4 members (excludes halogenated alkanes) is 28. The fraction of sp³-hybridized carbons (Fsp3) is 0.926. The summed E-state index contributed by atoms with van der Waals surface area (Å²) in [5.74, 6) is -0.917. The van der Waals surface area contributed by atoms with Gasteiger partial charge >= 0.3 is 11.9 Å². The molecule has 2 heterocycles. The summed E-state index contributed by atoms with van der Waals surface area (Å²) < 4.78 is 33.6. The second-order valence-electron chi connectivity index (χ2n) is 19.8. The number of aliphatic hydroxyl groups is 7. The predicted molar refractivity (Wildman–Crippen MR) is 266 cm³/mol. The lowest BCUT2D eigenvalue weighted by Gasteiger charge is -2.42. The molecule has 0 radical (unpaired) electrons. The van der Waals surface area contributed by atoms with Gasteiger partial charge in [-0.25, -0.2) is 0 Å². The van der Waals surface area contributed by atoms with Crippen molar-refractivity contribution in [1.29, 1.82) is 0 Å². The Morgan fingerprint density at radius 3 is 1.29 bits per heavy atom. The molecule has 15 heteroatoms. The fourth-order valence-electron chi connectivity index (χ4n) is 8.92. The Balaban J connectivity index is 1.77. The highest BCUT2D eigenvalue weighted by Gasteiger charge is 2.47. The molecule has 11 atom stereocenters. The van der Waals surface area contributed by atoms with E-state index in [2.05, 4.69) is 26.0 Å². The van der Waals surface area contributed by atoms with E-state index in [9.17, 15) is 45.3 Å². The number of rotatable bonds is 44. The van der Waals surface area contributed by atoms with Crippen molar-refractivity contribution in [3.8, 4) is 0 Å². The zero-order valence-electron chi connectivity index (χ0n) is 43.1. The van der Waals surface area contributed by atoms with E-state index < -0.39 is 92.7 Å². The molecule has 0 saturated carbocycles. The van der Waals surface area contributed by atoms with E-state index in [0.717, 1.165) is 51.4 Å². The van der Waals surface area contributed by atoms with Crippen LogP contribution in [0, 0.1) is 0 Å². The number of carbonyl (C=O) groups is 2. The van der Waals surface area contributed by atoms with Crippen LogP contribution >= 0.6 is 0 Å². The molecule has 2 saturated heterocycles. The van der Waals surface area contributed by atoms with Crippen LogP contribution in [0.4, 0.5) is 0 Å². The SMILES string of the molecule is CCCCCC/C=C/CCCCCCCCCC(=O)O[C@@H](COC(=O)CCCCCCCCCCCCCCCCCCCC)CO[C@@H]1O[C@H](CO[C@@H]2O[C@H](CO)[C@H](O)C(O)C2O)[C@H](O)C(O)C1O. The highest BCUT2D eigenvalue weighted by molar-refractivity contribution is 5.70. The van der Waals surface area contributed by atoms with Crippen molar-refractivity contribution in [3.05, 3.63) is 12.2 Å². The second kappa shape index (κ2) is 41.7. The van der Waals surface area contributed by atoms with Gasteiger partial charge in [0.25, 0.3) is 0 Å². The van der Waals surface area contributed by atoms with Crippen molar-refractivity contribution < 1.29 is 73.8 Å². The molecule has 7 N–H and O–H groups in total. The average Bonchev–Trinajstić information content (AvgIpc) is 3.34. The first-order valence-corrected chi connectivity index (χ1v) is 27.8. The van der Waals surface area contributed by atoms with Crippen LogP contribution in [0.1, 0.15) is 226 Å². The monoisotopic (exact) mass is 989 g/mol. The third-order valence-corrected chi connectivity index (χ3v) is 13.5. The molecule has 0 spiro atoms. The molecule has 0 aromatic rings. The Kier molecular flexibility index (Phi) is 38.3. The number of esters is 2. The number of hydrogen-bond acceptors (Lipinski definition) is 15. The molecule has 0 aliphatic carbocycles. The second-order valence-corrected chi connectivity index (χ2v) is 19.8. The largest absolute Gasteiger partial charge is 0.462 e. The number of ether oxygens (including phenoxy) is 6. The lowest BCUT2D eigenvalue weighted by atomic mass is 9.98. The molecule has 0 aromatic carbocycles. The van der Waals surface area contributed by atoms with Crippen LogP contribution in [0.3, 0.4) is 0 Å². The lowest BCUT2D eigenvalue weighted by Crippen LogP contribution is -2.61. The van der Waals surface area contributed by atoms with Crippen LogP contribution in [-0.4, -0.2) is 142 Å². The van der Waals surface area contributed by atoms with E-state index in [-0.39, 0.29) is 26.1 Å². The number of carbonyl (C=O) groups excluding carboxylic acids is 2. The predicted octanol–water partition coefficient (Wildman–Crippen LogP) is 8.55. The van der Waals surface area contributed by atoms with Gasteiger partial charge in [0.15, 0.2) is 18.7 Å². The first kappa shape index (κ1) is 63.4. The van der Waals surface area contributed by atoms with Gasteiger partial charge in [0.05, 0.1) is 19.8 Å². The Labute approximate surface area is 416 Å². The van der Waals surface area contributed by atoms with E-state index in [0.29, 0.717) is 12.8 Å². The smallest absolute Gasteiger partial charge is 0.306 e. The summed E-state index contributed by atoms with van der Waals surface area (Å²) >= 11 is 0. The van der Waals surface area contributed by atoms with Gasteiger partial charge in [0.2, 0.25) is 0 Å². The van der Waals surface area contributed by atoms with Gasteiger partial charge < -0.3 is 64.2 Å². The Hall–Kier alpha value is -1.76. The van der Waals surface area contributed by atoms with Gasteiger partial charge in [0, 0.05) is 12.8 Å². The van der Waals surface area contributed by atoms with Crippen molar-refractivity contribution >= 4 is 11.9 Å². The van der Waals surface area contributed by atoms with E-state index in [1.54, 1.807) is 0 Å². The summed E-state index contributed by atoms with van der Waals surface area (Å²) in [6.07, 6.45) is 25.2. The molecular weight excluding hydrogens is 889 g/mol. The maximum atomic E-state index is 13.0. The van der Waals surface area contributed by atoms with Gasteiger partial charge in [-0.2, -0.15) is 0 Å². The quantitative estimate of drug-likeness (QED) is 0.0172. The van der Waals surface area contributed by atoms with Crippen LogP contribution < -0.4 is 0 Å². The van der Waals surface area contributed by atoms with Crippen molar-refractivity contribution in [2.45, 2.75) is 293 Å². The van der Waals surface area contributed by atoms with Crippen LogP contribution in [0.2, 0.25) is 0 Å². The minimum atomic E-state index is -1.76. The van der Waals surface area contributed by atoms with Crippen LogP contribution in [0.25, 0.3) is 0 Å². The van der Waals surface area contributed by atoms with Crippen LogP contribution in [0.15, 0.2) is 12.2 Å². The van der Waals surface area contributed by atoms with Crippen molar-refractivity contribution in [3.63, 3.8) is 0 Å². The summed E-state index contributed by atoms with van der Waals surface area (Å²) in [5, 5.41) is 72.2. The molecule has 2 aliphatic heterocycles. The number of aliphatic hydroxyl groups excluding tert-OH is 7. The maximum Gasteiger partial charge on any atom is 0.306 e. The zero-order chi connectivity index (χ0) is 50.3. The van der Waals surface area contributed by atoms with Crippen LogP contribution in [0.5, 0.6) is 0 Å². The van der Waals surface area contributed by atoms with E-state index in [1.165, 1.54) is 135 Å². The van der Waals surface area contributed by atoms with Crippen molar-refractivity contribution in [2.24, 2.45) is 0 Å². The van der Waals surface area contributed by atoms with Crippen molar-refractivity contribution in [2.75, 3.05) is 26.4 Å². The van der Waals surface area contributed by atoms with E-state index in [4.69, 9.17) is 28.4 Å². The molecule has 2 rings (SSSR count). The fourth-order valence-corrected chi connectivity index (χ4v) is 8.92. The Morgan fingerprint density at radius 1 is 0.449 bits per heavy atom. The summed E-state index contributed by atoms with van der Waals surface area (Å²) in [6, 6.07) is 0. The molecule has 0 aromatic heterocycles. The number of hydrogen-bond donors (Lipinski definition) is 7. The number of allylic oxidation sites excluding steroid dienone is 2. The minimum Gasteiger partial charge on any atom is -0.462 e. The third kappa shape index (κ3) is 29.5. The molecule has 0 amide bonds. The maximum absolute atomic E-state index is 13.0. The summed E-state index contributed by atoms with van der Waals surface area (Å²) in [7, 11) is 0. The lowest BCUT2D eigenvalue weighted by molar-refractivity contribution is -0.332. The summed E-state index contributed by atoms with van der Waals surface area (Å²) in [6.45, 7) is 2.61. The summed E-state index contributed by atoms with van der Waals surface area (Å²) in [5.41, 5.74) is 0. The molecule has 4 unspecified atom stereocenters. The average molecular weight is 989 g/mol. The molecule has 0 bridgehead atoms. The Morgan fingerprint density at radius 2 is 0.826 bits per heavy atom. The normalized spacial score (nSPS) is 25.6. The minimum absolute atomic E-state index is 0.164. The van der Waals surface area contributed by atoms with Gasteiger partial charge in [-0.05, 0) is 38.5 Å². The molecule has 2 fully saturated rings. The topological polar surface area (TPSA) is 231 Å². The first-order chi connectivity index (χ1) is 33.5. The van der Waals surface area contributed by atoms with E-state index >= 15 is 0 Å². The summed E-state index contributed by atoms with van der Waals surface area (Å²) in [4.78, 5) is 25.8. The van der Waals surface area contributed by atoms with Crippen molar-refractivity contribution in [1.82, 2.24) is 0 Å². The Bertz CT molecular complexity index is 1250. The zero-order valence-corrected chi connectivity index (χ0v) is 43.1. The molecule has 2 aliphatic rings. The van der Waals surface area contributed by atoms with Gasteiger partial charge in [0.1, 0.15) is 55.4 Å². The molecule has 406 valence electrons. The van der Waals surface area contributed by atoms with E-state index in [1.807, 2.05) is 0 Å². The van der Waals surface area contributed by atoms with Gasteiger partial charge in [-0.3, -0.25) is 9.59 Å². The van der Waals surface area contributed by atoms with Gasteiger partial charge in [-0.15, -0.1) is 0 Å². The molecular formula is C54H100O15.